The molecule has 0 bridgehead atoms. The number of fused-ring (bicyclic) bond motifs is 1. The second kappa shape index (κ2) is 7.51. The molecule has 3 rings (SSSR count). The number of carbonyl (C=O) groups is 1. The zero-order chi connectivity index (χ0) is 17.8. The lowest BCUT2D eigenvalue weighted by Crippen LogP contribution is -2.33. The third kappa shape index (κ3) is 3.73. The van der Waals surface area contributed by atoms with Crippen LogP contribution < -0.4 is 5.32 Å². The molecule has 1 N–H and O–H groups in total. The Bertz CT molecular complexity index is 868. The van der Waals surface area contributed by atoms with Gasteiger partial charge in [0.1, 0.15) is 5.65 Å². The summed E-state index contributed by atoms with van der Waals surface area (Å²) in [5.74, 6) is 0.0520. The maximum Gasteiger partial charge on any atom is 0.221 e. The quantitative estimate of drug-likeness (QED) is 0.738. The molecule has 0 saturated heterocycles. The van der Waals surface area contributed by atoms with E-state index in [-0.39, 0.29) is 17.9 Å². The highest BCUT2D eigenvalue weighted by Gasteiger charge is 2.23. The predicted octanol–water partition coefficient (Wildman–Crippen LogP) is 4.08. The Morgan fingerprint density at radius 2 is 1.96 bits per heavy atom. The van der Waals surface area contributed by atoms with E-state index in [1.807, 2.05) is 49.6 Å². The fourth-order valence-corrected chi connectivity index (χ4v) is 3.18. The number of hydrogen-bond acceptors (Lipinski definition) is 2. The van der Waals surface area contributed by atoms with Gasteiger partial charge in [-0.15, -0.1) is 0 Å². The van der Waals surface area contributed by atoms with E-state index in [0.717, 1.165) is 17.8 Å². The summed E-state index contributed by atoms with van der Waals surface area (Å²) >= 11 is 0. The van der Waals surface area contributed by atoms with Crippen LogP contribution >= 0.6 is 0 Å². The van der Waals surface area contributed by atoms with Crippen molar-refractivity contribution in [3.63, 3.8) is 0 Å². The molecule has 130 valence electrons. The van der Waals surface area contributed by atoms with Gasteiger partial charge in [0.2, 0.25) is 5.91 Å². The average molecular weight is 335 g/mol. The number of hydrogen-bond donors (Lipinski definition) is 1. The first-order valence-corrected chi connectivity index (χ1v) is 8.87. The molecule has 2 heterocycles. The van der Waals surface area contributed by atoms with Crippen LogP contribution in [0.5, 0.6) is 0 Å². The van der Waals surface area contributed by atoms with Gasteiger partial charge in [-0.25, -0.2) is 4.98 Å². The molecule has 1 amide bonds. The first-order chi connectivity index (χ1) is 12.1. The molecular formula is C21H25N3O. The van der Waals surface area contributed by atoms with Crippen molar-refractivity contribution in [1.82, 2.24) is 14.7 Å². The molecule has 25 heavy (non-hydrogen) atoms. The zero-order valence-electron chi connectivity index (χ0n) is 15.1. The Kier molecular flexibility index (Phi) is 5.17. The van der Waals surface area contributed by atoms with Crippen LogP contribution in [0.15, 0.2) is 54.9 Å². The van der Waals surface area contributed by atoms with E-state index in [0.29, 0.717) is 6.42 Å². The number of nitrogens with one attached hydrogen (secondary N) is 1. The summed E-state index contributed by atoms with van der Waals surface area (Å²) in [6.07, 6.45) is 5.24. The van der Waals surface area contributed by atoms with Crippen LogP contribution in [0.25, 0.3) is 5.65 Å². The van der Waals surface area contributed by atoms with Gasteiger partial charge in [0.05, 0.1) is 5.69 Å². The van der Waals surface area contributed by atoms with Crippen LogP contribution in [-0.4, -0.2) is 21.3 Å². The Morgan fingerprint density at radius 3 is 2.72 bits per heavy atom. The van der Waals surface area contributed by atoms with Gasteiger partial charge in [0.25, 0.3) is 0 Å². The lowest BCUT2D eigenvalue weighted by atomic mass is 9.89. The number of carbonyl (C=O) groups excluding carboxylic acids is 1. The highest BCUT2D eigenvalue weighted by atomic mass is 16.1. The van der Waals surface area contributed by atoms with Crippen LogP contribution in [0.3, 0.4) is 0 Å². The van der Waals surface area contributed by atoms with Crippen LogP contribution in [-0.2, 0) is 4.79 Å². The Morgan fingerprint density at radius 1 is 1.20 bits per heavy atom. The van der Waals surface area contributed by atoms with E-state index in [4.69, 9.17) is 0 Å². The molecule has 2 aromatic heterocycles. The number of rotatable bonds is 6. The fourth-order valence-electron chi connectivity index (χ4n) is 3.18. The third-order valence-corrected chi connectivity index (χ3v) is 4.78. The summed E-state index contributed by atoms with van der Waals surface area (Å²) in [5, 5.41) is 3.09. The fraction of sp³-hybridized carbons (Fsp3) is 0.333. The van der Waals surface area contributed by atoms with Crippen LogP contribution in [0.1, 0.15) is 49.4 Å². The van der Waals surface area contributed by atoms with E-state index in [9.17, 15) is 4.79 Å². The lowest BCUT2D eigenvalue weighted by molar-refractivity contribution is -0.121. The zero-order valence-corrected chi connectivity index (χ0v) is 15.1. The highest BCUT2D eigenvalue weighted by Crippen LogP contribution is 2.30. The van der Waals surface area contributed by atoms with E-state index in [1.54, 1.807) is 0 Å². The normalized spacial score (nSPS) is 13.6. The summed E-state index contributed by atoms with van der Waals surface area (Å²) < 4.78 is 2.08. The molecule has 1 aromatic carbocycles. The van der Waals surface area contributed by atoms with Gasteiger partial charge < -0.3 is 9.72 Å². The Hall–Kier alpha value is -2.62. The number of imidazole rings is 1. The lowest BCUT2D eigenvalue weighted by Gasteiger charge is -2.20. The Balaban J connectivity index is 2.01. The number of aryl methyl sites for hydroxylation is 1. The molecule has 0 aliphatic heterocycles. The van der Waals surface area contributed by atoms with Crippen molar-refractivity contribution in [3.05, 3.63) is 71.7 Å². The maximum atomic E-state index is 12.6. The van der Waals surface area contributed by atoms with Crippen molar-refractivity contribution in [2.45, 2.75) is 45.6 Å². The average Bonchev–Trinajstić information content (AvgIpc) is 3.04. The van der Waals surface area contributed by atoms with Gasteiger partial charge in [-0.05, 0) is 43.5 Å². The summed E-state index contributed by atoms with van der Waals surface area (Å²) in [6.45, 7) is 6.21. The Labute approximate surface area is 148 Å². The molecule has 0 spiro atoms. The SMILES string of the molecule is CC[C@@H](C)NC(=O)C[C@H](c1ccccc1C)c1cnc2ccccn12. The molecule has 0 aliphatic rings. The number of benzene rings is 1. The summed E-state index contributed by atoms with van der Waals surface area (Å²) in [5.41, 5.74) is 4.31. The first kappa shape index (κ1) is 17.2. The third-order valence-electron chi connectivity index (χ3n) is 4.78. The standard InChI is InChI=1S/C21H25N3O/c1-4-16(3)23-21(25)13-18(17-10-6-5-9-15(17)2)19-14-22-20-11-7-8-12-24(19)20/h5-12,14,16,18H,4,13H2,1-3H3,(H,23,25)/t16-,18-/m1/s1. The number of pyridine rings is 1. The molecule has 0 saturated carbocycles. The van der Waals surface area contributed by atoms with Gasteiger partial charge in [0.15, 0.2) is 0 Å². The van der Waals surface area contributed by atoms with Crippen molar-refractivity contribution in [1.29, 1.82) is 0 Å². The largest absolute Gasteiger partial charge is 0.354 e. The maximum absolute atomic E-state index is 12.6. The van der Waals surface area contributed by atoms with E-state index in [2.05, 4.69) is 40.7 Å². The minimum absolute atomic E-state index is 0.0253. The second-order valence-electron chi connectivity index (χ2n) is 6.60. The molecule has 0 unspecified atom stereocenters. The smallest absolute Gasteiger partial charge is 0.221 e. The van der Waals surface area contributed by atoms with Gasteiger partial charge in [-0.3, -0.25) is 4.79 Å². The van der Waals surface area contributed by atoms with Gasteiger partial charge in [-0.2, -0.15) is 0 Å². The molecule has 0 aliphatic carbocycles. The van der Waals surface area contributed by atoms with Crippen LogP contribution in [0.2, 0.25) is 0 Å². The van der Waals surface area contributed by atoms with Crippen molar-refractivity contribution in [2.24, 2.45) is 0 Å². The van der Waals surface area contributed by atoms with Crippen molar-refractivity contribution < 1.29 is 4.79 Å². The van der Waals surface area contributed by atoms with Gasteiger partial charge in [-0.1, -0.05) is 37.3 Å². The van der Waals surface area contributed by atoms with E-state index in [1.165, 1.54) is 11.1 Å². The summed E-state index contributed by atoms with van der Waals surface area (Å²) in [7, 11) is 0. The molecule has 3 aromatic rings. The number of amides is 1. The topological polar surface area (TPSA) is 46.4 Å². The minimum Gasteiger partial charge on any atom is -0.354 e. The molecular weight excluding hydrogens is 310 g/mol. The molecule has 4 nitrogen and oxygen atoms in total. The highest BCUT2D eigenvalue weighted by molar-refractivity contribution is 5.78. The van der Waals surface area contributed by atoms with E-state index < -0.39 is 0 Å². The van der Waals surface area contributed by atoms with E-state index >= 15 is 0 Å². The molecule has 4 heteroatoms. The monoisotopic (exact) mass is 335 g/mol. The van der Waals surface area contributed by atoms with Crippen molar-refractivity contribution in [2.75, 3.05) is 0 Å². The van der Waals surface area contributed by atoms with Crippen LogP contribution in [0.4, 0.5) is 0 Å². The van der Waals surface area contributed by atoms with Gasteiger partial charge >= 0.3 is 0 Å². The summed E-state index contributed by atoms with van der Waals surface area (Å²) in [4.78, 5) is 17.1. The second-order valence-corrected chi connectivity index (χ2v) is 6.60. The van der Waals surface area contributed by atoms with Gasteiger partial charge in [0, 0.05) is 30.8 Å². The molecule has 0 radical (unpaired) electrons. The number of aromatic nitrogens is 2. The number of nitrogens with zero attached hydrogens (tertiary/aromatic N) is 2. The van der Waals surface area contributed by atoms with Crippen molar-refractivity contribution >= 4 is 11.6 Å². The van der Waals surface area contributed by atoms with Crippen LogP contribution in [0, 0.1) is 6.92 Å². The first-order valence-electron chi connectivity index (χ1n) is 8.87. The summed E-state index contributed by atoms with van der Waals surface area (Å²) in [6, 6.07) is 14.4. The van der Waals surface area contributed by atoms with Crippen molar-refractivity contribution in [3.8, 4) is 0 Å². The minimum atomic E-state index is -0.0253. The molecule has 0 fully saturated rings. The molecule has 2 atom stereocenters. The predicted molar refractivity (Wildman–Crippen MR) is 101 cm³/mol.